The number of aromatic nitrogens is 2. The molecule has 0 atom stereocenters. The first kappa shape index (κ1) is 14.9. The quantitative estimate of drug-likeness (QED) is 0.524. The van der Waals surface area contributed by atoms with E-state index in [4.69, 9.17) is 9.25 Å². The van der Waals surface area contributed by atoms with Crippen molar-refractivity contribution in [2.24, 2.45) is 0 Å². The van der Waals surface area contributed by atoms with Gasteiger partial charge in [0.05, 0.1) is 11.0 Å². The van der Waals surface area contributed by atoms with E-state index < -0.39 is 8.25 Å². The Labute approximate surface area is 139 Å². The molecule has 2 aromatic carbocycles. The molecule has 0 aliphatic carbocycles. The van der Waals surface area contributed by atoms with Crippen LogP contribution in [0.5, 0.6) is 0 Å². The summed E-state index contributed by atoms with van der Waals surface area (Å²) in [7, 11) is -2.77. The average molecular weight is 340 g/mol. The van der Waals surface area contributed by atoms with Gasteiger partial charge in [-0.15, -0.1) is 0 Å². The highest BCUT2D eigenvalue weighted by molar-refractivity contribution is 7.33. The second-order valence-corrected chi connectivity index (χ2v) is 6.61. The van der Waals surface area contributed by atoms with Crippen molar-refractivity contribution < 1.29 is 13.8 Å². The number of para-hydroxylation sites is 2. The van der Waals surface area contributed by atoms with Gasteiger partial charge in [0.25, 0.3) is 0 Å². The minimum absolute atomic E-state index is 0.866. The number of rotatable bonds is 4. The van der Waals surface area contributed by atoms with Crippen molar-refractivity contribution in [1.29, 1.82) is 0 Å². The van der Waals surface area contributed by atoms with E-state index >= 15 is 0 Å². The Morgan fingerprint density at radius 2 is 1.17 bits per heavy atom. The van der Waals surface area contributed by atoms with Crippen LogP contribution in [-0.4, -0.2) is 9.46 Å². The van der Waals surface area contributed by atoms with Crippen LogP contribution in [0.1, 0.15) is 11.1 Å². The molecule has 5 nitrogen and oxygen atoms in total. The van der Waals surface area contributed by atoms with Crippen LogP contribution in [0.3, 0.4) is 0 Å². The monoisotopic (exact) mass is 340 g/mol. The molecule has 0 aliphatic heterocycles. The summed E-state index contributed by atoms with van der Waals surface area (Å²) in [6, 6.07) is 15.6. The average Bonchev–Trinajstić information content (AvgIpc) is 3.07. The summed E-state index contributed by atoms with van der Waals surface area (Å²) < 4.78 is 26.5. The van der Waals surface area contributed by atoms with Crippen molar-refractivity contribution in [1.82, 2.24) is 9.46 Å². The molecule has 0 N–H and O–H groups in total. The Balaban J connectivity index is 1.62. The predicted octanol–water partition coefficient (Wildman–Crippen LogP) is 4.16. The molecule has 6 heteroatoms. The van der Waals surface area contributed by atoms with Crippen LogP contribution in [0.2, 0.25) is 0 Å². The van der Waals surface area contributed by atoms with Gasteiger partial charge in [-0.3, -0.25) is 0 Å². The zero-order chi connectivity index (χ0) is 16.7. The highest BCUT2D eigenvalue weighted by Crippen LogP contribution is 2.26. The Morgan fingerprint density at radius 1 is 0.750 bits per heavy atom. The van der Waals surface area contributed by atoms with E-state index in [1.807, 2.05) is 74.8 Å². The van der Waals surface area contributed by atoms with Gasteiger partial charge in [0.15, 0.2) is 0 Å². The van der Waals surface area contributed by atoms with Gasteiger partial charge in [-0.2, -0.15) is 9.46 Å². The lowest BCUT2D eigenvalue weighted by Gasteiger charge is -2.10. The van der Waals surface area contributed by atoms with Crippen molar-refractivity contribution >= 4 is 30.1 Å². The van der Waals surface area contributed by atoms with Crippen molar-refractivity contribution in [2.75, 3.05) is 0 Å². The second-order valence-electron chi connectivity index (χ2n) is 5.74. The molecule has 0 amide bonds. The van der Waals surface area contributed by atoms with Crippen molar-refractivity contribution in [3.05, 3.63) is 72.1 Å². The lowest BCUT2D eigenvalue weighted by Crippen LogP contribution is -2.09. The molecule has 0 radical (unpaired) electrons. The minimum atomic E-state index is -2.77. The number of benzene rings is 2. The van der Waals surface area contributed by atoms with Crippen molar-refractivity contribution in [2.45, 2.75) is 13.8 Å². The van der Waals surface area contributed by atoms with E-state index in [1.165, 1.54) is 9.46 Å². The topological polar surface area (TPSA) is 45.4 Å². The van der Waals surface area contributed by atoms with Gasteiger partial charge in [-0.25, -0.2) is 4.57 Å². The molecule has 4 aromatic rings. The summed E-state index contributed by atoms with van der Waals surface area (Å²) in [5.41, 5.74) is 3.85. The molecule has 4 rings (SSSR count). The van der Waals surface area contributed by atoms with Crippen LogP contribution in [-0.2, 0) is 4.57 Å². The fourth-order valence-electron chi connectivity index (χ4n) is 2.96. The summed E-state index contributed by atoms with van der Waals surface area (Å²) in [5.74, 6) is 0. The summed E-state index contributed by atoms with van der Waals surface area (Å²) in [6.07, 6.45) is 3.63. The van der Waals surface area contributed by atoms with E-state index in [2.05, 4.69) is 0 Å². The Bertz CT molecular complexity index is 981. The largest absolute Gasteiger partial charge is 0.455 e. The maximum atomic E-state index is 12.4. The fraction of sp³-hybridized carbons (Fsp3) is 0.111. The number of aryl methyl sites for hydroxylation is 2. The van der Waals surface area contributed by atoms with Gasteiger partial charge in [-0.1, -0.05) is 36.4 Å². The summed E-state index contributed by atoms with van der Waals surface area (Å²) in [4.78, 5) is 0. The number of hydrogen-bond acceptors (Lipinski definition) is 3. The molecular formula is C18H17N2O3P. The molecule has 0 fully saturated rings. The third kappa shape index (κ3) is 2.47. The first-order chi connectivity index (χ1) is 11.6. The van der Waals surface area contributed by atoms with Crippen molar-refractivity contribution in [3.8, 4) is 0 Å². The van der Waals surface area contributed by atoms with E-state index in [0.717, 1.165) is 32.9 Å². The highest BCUT2D eigenvalue weighted by atomic mass is 31.1. The molecule has 0 spiro atoms. The molecule has 2 heterocycles. The molecule has 0 aliphatic rings. The standard InChI is InChI=1S/C18H17N2O3P/c1-13-11-19(17-9-5-3-7-15(13)17)22-24(21)23-20-12-14(2)16-8-4-6-10-18(16)20/h3-12,24H,1-2H3. The third-order valence-corrected chi connectivity index (χ3v) is 4.79. The molecular weight excluding hydrogens is 323 g/mol. The van der Waals surface area contributed by atoms with E-state index in [0.29, 0.717) is 0 Å². The zero-order valence-corrected chi connectivity index (χ0v) is 14.4. The number of nitrogens with zero attached hydrogens (tertiary/aromatic N) is 2. The maximum Gasteiger partial charge on any atom is 0.455 e. The summed E-state index contributed by atoms with van der Waals surface area (Å²) in [5, 5.41) is 2.13. The number of fused-ring (bicyclic) bond motifs is 2. The lowest BCUT2D eigenvalue weighted by atomic mass is 10.2. The van der Waals surface area contributed by atoms with Gasteiger partial charge in [-0.05, 0) is 37.1 Å². The van der Waals surface area contributed by atoms with E-state index in [1.54, 1.807) is 0 Å². The Kier molecular flexibility index (Phi) is 3.58. The normalized spacial score (nSPS) is 11.5. The molecule has 2 aromatic heterocycles. The molecule has 0 unspecified atom stereocenters. The van der Waals surface area contributed by atoms with Crippen LogP contribution in [0.4, 0.5) is 0 Å². The van der Waals surface area contributed by atoms with Crippen LogP contribution in [0.25, 0.3) is 21.8 Å². The van der Waals surface area contributed by atoms with Gasteiger partial charge < -0.3 is 9.25 Å². The van der Waals surface area contributed by atoms with E-state index in [-0.39, 0.29) is 0 Å². The minimum Gasteiger partial charge on any atom is -0.324 e. The molecule has 0 saturated heterocycles. The van der Waals surface area contributed by atoms with Crippen LogP contribution in [0.15, 0.2) is 60.9 Å². The van der Waals surface area contributed by atoms with Crippen LogP contribution in [0, 0.1) is 13.8 Å². The van der Waals surface area contributed by atoms with Crippen LogP contribution >= 0.6 is 8.25 Å². The molecule has 122 valence electrons. The predicted molar refractivity (Wildman–Crippen MR) is 95.5 cm³/mol. The van der Waals surface area contributed by atoms with Gasteiger partial charge >= 0.3 is 8.25 Å². The third-order valence-electron chi connectivity index (χ3n) is 4.10. The summed E-state index contributed by atoms with van der Waals surface area (Å²) >= 11 is 0. The Morgan fingerprint density at radius 3 is 1.62 bits per heavy atom. The molecule has 0 saturated carbocycles. The van der Waals surface area contributed by atoms with Gasteiger partial charge in [0.1, 0.15) is 0 Å². The zero-order valence-electron chi connectivity index (χ0n) is 13.4. The number of hydrogen-bond donors (Lipinski definition) is 0. The van der Waals surface area contributed by atoms with Gasteiger partial charge in [0.2, 0.25) is 0 Å². The smallest absolute Gasteiger partial charge is 0.324 e. The van der Waals surface area contributed by atoms with Crippen molar-refractivity contribution in [3.63, 3.8) is 0 Å². The first-order valence-electron chi connectivity index (χ1n) is 7.67. The second kappa shape index (κ2) is 5.77. The lowest BCUT2D eigenvalue weighted by molar-refractivity contribution is 0.205. The fourth-order valence-corrected chi connectivity index (χ4v) is 3.61. The molecule has 24 heavy (non-hydrogen) atoms. The van der Waals surface area contributed by atoms with Crippen LogP contribution < -0.4 is 9.25 Å². The summed E-state index contributed by atoms with van der Waals surface area (Å²) in [6.45, 7) is 3.98. The van der Waals surface area contributed by atoms with Gasteiger partial charge in [0, 0.05) is 23.2 Å². The SMILES string of the molecule is Cc1cn(O[PH](=O)On2cc(C)c3ccccc32)c2ccccc12. The van der Waals surface area contributed by atoms with E-state index in [9.17, 15) is 4.57 Å². The molecule has 0 bridgehead atoms. The first-order valence-corrected chi connectivity index (χ1v) is 8.90. The highest BCUT2D eigenvalue weighted by Gasteiger charge is 2.12. The maximum absolute atomic E-state index is 12.4. The Hall–Kier alpha value is -2.65.